The summed E-state index contributed by atoms with van der Waals surface area (Å²) in [5.41, 5.74) is 2.96. The number of benzene rings is 2. The van der Waals surface area contributed by atoms with Crippen LogP contribution in [0.25, 0.3) is 16.9 Å². The molecule has 5 nitrogen and oxygen atoms in total. The monoisotopic (exact) mass is 415 g/mol. The average molecular weight is 416 g/mol. The Morgan fingerprint density at radius 3 is 2.46 bits per heavy atom. The molecule has 0 aliphatic carbocycles. The van der Waals surface area contributed by atoms with E-state index in [1.165, 1.54) is 12.1 Å². The van der Waals surface area contributed by atoms with Crippen LogP contribution in [0.15, 0.2) is 59.2 Å². The van der Waals surface area contributed by atoms with Crippen LogP contribution >= 0.6 is 15.9 Å². The van der Waals surface area contributed by atoms with Gasteiger partial charge in [0.2, 0.25) is 0 Å². The number of carbonyl (C=O) groups is 1. The molecule has 1 aliphatic heterocycles. The van der Waals surface area contributed by atoms with Crippen LogP contribution in [-0.2, 0) is 9.53 Å². The first-order valence-corrected chi connectivity index (χ1v) is 8.88. The largest absolute Gasteiger partial charge is 0.341 e. The summed E-state index contributed by atoms with van der Waals surface area (Å²) in [7, 11) is 0. The number of nitrogens with zero attached hydrogens (tertiary/aromatic N) is 2. The highest BCUT2D eigenvalue weighted by atomic mass is 79.9. The highest BCUT2D eigenvalue weighted by molar-refractivity contribution is 9.10. The molecule has 7 heteroatoms. The molecule has 132 valence electrons. The van der Waals surface area contributed by atoms with E-state index < -0.39 is 12.3 Å². The Labute approximate surface area is 157 Å². The second kappa shape index (κ2) is 6.66. The Hall–Kier alpha value is -2.51. The number of ether oxygens (including phenoxy) is 1. The molecule has 2 aromatic carbocycles. The minimum Gasteiger partial charge on any atom is -0.341 e. The van der Waals surface area contributed by atoms with Crippen LogP contribution in [0.3, 0.4) is 0 Å². The van der Waals surface area contributed by atoms with Gasteiger partial charge in [0.1, 0.15) is 17.6 Å². The normalized spacial score (nSPS) is 19.6. The number of amides is 1. The van der Waals surface area contributed by atoms with Crippen LogP contribution in [0.4, 0.5) is 4.39 Å². The van der Waals surface area contributed by atoms with Gasteiger partial charge in [-0.3, -0.25) is 4.79 Å². The topological polar surface area (TPSA) is 56.1 Å². The lowest BCUT2D eigenvalue weighted by Gasteiger charge is -2.10. The fourth-order valence-electron chi connectivity index (χ4n) is 2.83. The molecule has 4 rings (SSSR count). The maximum atomic E-state index is 13.3. The zero-order valence-electron chi connectivity index (χ0n) is 13.8. The summed E-state index contributed by atoms with van der Waals surface area (Å²) in [6.07, 6.45) is 0.698. The SMILES string of the molecule is C[C@@H]1O[C@H](c2cn(-c3ccc(Br)cc3)nc2-c2ccc(F)cc2)NC1=O. The van der Waals surface area contributed by atoms with Crippen LogP contribution in [0.2, 0.25) is 0 Å². The third kappa shape index (κ3) is 3.15. The fourth-order valence-corrected chi connectivity index (χ4v) is 3.10. The van der Waals surface area contributed by atoms with Crippen LogP contribution in [0.1, 0.15) is 18.7 Å². The van der Waals surface area contributed by atoms with Gasteiger partial charge in [0, 0.05) is 21.8 Å². The highest BCUT2D eigenvalue weighted by Gasteiger charge is 2.33. The van der Waals surface area contributed by atoms with Gasteiger partial charge in [0.25, 0.3) is 5.91 Å². The van der Waals surface area contributed by atoms with Crippen molar-refractivity contribution in [2.75, 3.05) is 0 Å². The maximum Gasteiger partial charge on any atom is 0.251 e. The lowest BCUT2D eigenvalue weighted by Crippen LogP contribution is -2.22. The molecular weight excluding hydrogens is 401 g/mol. The van der Waals surface area contributed by atoms with Crippen molar-refractivity contribution in [1.29, 1.82) is 0 Å². The molecule has 3 aromatic rings. The van der Waals surface area contributed by atoms with Crippen LogP contribution in [-0.4, -0.2) is 21.8 Å². The number of carbonyl (C=O) groups excluding carboxylic acids is 1. The summed E-state index contributed by atoms with van der Waals surface area (Å²) in [5, 5.41) is 7.47. The zero-order chi connectivity index (χ0) is 18.3. The second-order valence-electron chi connectivity index (χ2n) is 6.03. The Balaban J connectivity index is 1.81. The molecule has 1 saturated heterocycles. The summed E-state index contributed by atoms with van der Waals surface area (Å²) < 4.78 is 21.7. The van der Waals surface area contributed by atoms with Crippen molar-refractivity contribution in [3.05, 3.63) is 70.6 Å². The molecule has 0 saturated carbocycles. The van der Waals surface area contributed by atoms with Gasteiger partial charge < -0.3 is 10.1 Å². The molecule has 1 fully saturated rings. The van der Waals surface area contributed by atoms with E-state index >= 15 is 0 Å². The van der Waals surface area contributed by atoms with Crippen molar-refractivity contribution in [2.45, 2.75) is 19.3 Å². The fraction of sp³-hybridized carbons (Fsp3) is 0.158. The smallest absolute Gasteiger partial charge is 0.251 e. The standard InChI is InChI=1S/C19H15BrFN3O2/c1-11-18(25)22-19(26-11)16-10-24(15-8-4-13(20)5-9-15)23-17(16)12-2-6-14(21)7-3-12/h2-11,19H,1H3,(H,22,25)/t11-,19+/m0/s1. The Morgan fingerprint density at radius 2 is 1.85 bits per heavy atom. The van der Waals surface area contributed by atoms with Gasteiger partial charge in [-0.25, -0.2) is 9.07 Å². The molecule has 2 atom stereocenters. The molecule has 2 heterocycles. The zero-order valence-corrected chi connectivity index (χ0v) is 15.4. The van der Waals surface area contributed by atoms with Crippen molar-refractivity contribution in [2.24, 2.45) is 0 Å². The minimum absolute atomic E-state index is 0.170. The molecule has 0 bridgehead atoms. The van der Waals surface area contributed by atoms with Gasteiger partial charge >= 0.3 is 0 Å². The Kier molecular flexibility index (Phi) is 4.34. The van der Waals surface area contributed by atoms with Crippen molar-refractivity contribution in [3.8, 4) is 16.9 Å². The molecule has 1 aromatic heterocycles. The molecule has 0 radical (unpaired) electrons. The quantitative estimate of drug-likeness (QED) is 0.703. The Bertz CT molecular complexity index is 954. The molecule has 0 spiro atoms. The highest BCUT2D eigenvalue weighted by Crippen LogP contribution is 2.32. The molecule has 1 N–H and O–H groups in total. The number of hydrogen-bond donors (Lipinski definition) is 1. The number of rotatable bonds is 3. The summed E-state index contributed by atoms with van der Waals surface area (Å²) in [6.45, 7) is 1.70. The molecule has 26 heavy (non-hydrogen) atoms. The van der Waals surface area contributed by atoms with E-state index in [0.29, 0.717) is 5.69 Å². The third-order valence-electron chi connectivity index (χ3n) is 4.22. The Morgan fingerprint density at radius 1 is 1.15 bits per heavy atom. The first-order chi connectivity index (χ1) is 12.5. The average Bonchev–Trinajstić information content (AvgIpc) is 3.20. The lowest BCUT2D eigenvalue weighted by atomic mass is 10.1. The molecule has 1 aliphatic rings. The first-order valence-electron chi connectivity index (χ1n) is 8.08. The third-order valence-corrected chi connectivity index (χ3v) is 4.75. The van der Waals surface area contributed by atoms with Gasteiger partial charge in [-0.2, -0.15) is 5.10 Å². The van der Waals surface area contributed by atoms with E-state index in [1.54, 1.807) is 23.7 Å². The van der Waals surface area contributed by atoms with Crippen molar-refractivity contribution in [1.82, 2.24) is 15.1 Å². The van der Waals surface area contributed by atoms with Crippen LogP contribution in [0, 0.1) is 5.82 Å². The number of halogens is 2. The van der Waals surface area contributed by atoms with Gasteiger partial charge in [0.15, 0.2) is 6.23 Å². The maximum absolute atomic E-state index is 13.3. The van der Waals surface area contributed by atoms with E-state index in [-0.39, 0.29) is 11.7 Å². The predicted molar refractivity (Wildman–Crippen MR) is 98.1 cm³/mol. The summed E-state index contributed by atoms with van der Waals surface area (Å²) in [6, 6.07) is 13.8. The van der Waals surface area contributed by atoms with Crippen molar-refractivity contribution in [3.63, 3.8) is 0 Å². The van der Waals surface area contributed by atoms with Crippen LogP contribution in [0.5, 0.6) is 0 Å². The van der Waals surface area contributed by atoms with E-state index in [9.17, 15) is 9.18 Å². The van der Waals surface area contributed by atoms with E-state index in [0.717, 1.165) is 21.3 Å². The summed E-state index contributed by atoms with van der Waals surface area (Å²) in [5.74, 6) is -0.488. The summed E-state index contributed by atoms with van der Waals surface area (Å²) >= 11 is 3.42. The lowest BCUT2D eigenvalue weighted by molar-refractivity contribution is -0.122. The van der Waals surface area contributed by atoms with Crippen molar-refractivity contribution >= 4 is 21.8 Å². The first kappa shape index (κ1) is 16.9. The van der Waals surface area contributed by atoms with E-state index in [2.05, 4.69) is 26.3 Å². The van der Waals surface area contributed by atoms with Gasteiger partial charge in [-0.1, -0.05) is 15.9 Å². The predicted octanol–water partition coefficient (Wildman–Crippen LogP) is 3.97. The molecular formula is C19H15BrFN3O2. The summed E-state index contributed by atoms with van der Waals surface area (Å²) in [4.78, 5) is 11.8. The number of nitrogens with one attached hydrogen (secondary N) is 1. The molecule has 0 unspecified atom stereocenters. The number of aromatic nitrogens is 2. The van der Waals surface area contributed by atoms with E-state index in [1.807, 2.05) is 30.5 Å². The minimum atomic E-state index is -0.596. The van der Waals surface area contributed by atoms with Gasteiger partial charge in [-0.15, -0.1) is 0 Å². The van der Waals surface area contributed by atoms with Gasteiger partial charge in [0.05, 0.1) is 5.69 Å². The van der Waals surface area contributed by atoms with Gasteiger partial charge in [-0.05, 0) is 55.5 Å². The second-order valence-corrected chi connectivity index (χ2v) is 6.94. The van der Waals surface area contributed by atoms with E-state index in [4.69, 9.17) is 4.74 Å². The molecule has 1 amide bonds. The number of hydrogen-bond acceptors (Lipinski definition) is 3. The van der Waals surface area contributed by atoms with Crippen molar-refractivity contribution < 1.29 is 13.9 Å². The van der Waals surface area contributed by atoms with Crippen LogP contribution < -0.4 is 5.32 Å².